The monoisotopic (exact) mass is 248 g/mol. The van der Waals surface area contributed by atoms with E-state index in [9.17, 15) is 4.39 Å². The number of ether oxygens (including phenoxy) is 1. The van der Waals surface area contributed by atoms with Crippen LogP contribution in [0.5, 0.6) is 0 Å². The first-order valence-corrected chi connectivity index (χ1v) is 6.68. The van der Waals surface area contributed by atoms with Crippen LogP contribution >= 0.6 is 0 Å². The minimum Gasteiger partial charge on any atom is -0.380 e. The van der Waals surface area contributed by atoms with E-state index in [2.05, 4.69) is 24.3 Å². The Bertz CT molecular complexity index is 375. The van der Waals surface area contributed by atoms with Gasteiger partial charge in [-0.05, 0) is 48.6 Å². The molecule has 0 aliphatic heterocycles. The van der Waals surface area contributed by atoms with Crippen molar-refractivity contribution in [3.63, 3.8) is 0 Å². The van der Waals surface area contributed by atoms with Gasteiger partial charge < -0.3 is 4.74 Å². The topological polar surface area (TPSA) is 9.23 Å². The van der Waals surface area contributed by atoms with Gasteiger partial charge in [0.15, 0.2) is 0 Å². The normalized spacial score (nSPS) is 24.6. The van der Waals surface area contributed by atoms with Gasteiger partial charge in [-0.2, -0.15) is 0 Å². The Hall–Kier alpha value is -1.15. The van der Waals surface area contributed by atoms with Crippen molar-refractivity contribution in [3.8, 4) is 0 Å². The van der Waals surface area contributed by atoms with E-state index in [0.29, 0.717) is 24.8 Å². The van der Waals surface area contributed by atoms with Crippen molar-refractivity contribution in [2.24, 2.45) is 5.92 Å². The van der Waals surface area contributed by atoms with Gasteiger partial charge in [-0.15, -0.1) is 0 Å². The highest BCUT2D eigenvalue weighted by Gasteiger charge is 2.20. The lowest BCUT2D eigenvalue weighted by Gasteiger charge is -2.27. The average Bonchev–Trinajstić information content (AvgIpc) is 2.41. The van der Waals surface area contributed by atoms with E-state index in [1.807, 2.05) is 0 Å². The lowest BCUT2D eigenvalue weighted by Crippen LogP contribution is -2.11. The van der Waals surface area contributed by atoms with E-state index >= 15 is 0 Å². The molecule has 0 N–H and O–H groups in total. The molecule has 0 saturated heterocycles. The minimum absolute atomic E-state index is 0.444. The third-order valence-corrected chi connectivity index (χ3v) is 3.88. The molecule has 0 unspecified atom stereocenters. The molecule has 1 aromatic carbocycles. The molecule has 0 radical (unpaired) electrons. The molecular formula is C16H21FO. The summed E-state index contributed by atoms with van der Waals surface area (Å²) in [7, 11) is 1.72. The molecule has 0 amide bonds. The molecule has 1 aliphatic carbocycles. The highest BCUT2D eigenvalue weighted by atomic mass is 19.1. The van der Waals surface area contributed by atoms with Gasteiger partial charge >= 0.3 is 0 Å². The third-order valence-electron chi connectivity index (χ3n) is 3.88. The molecule has 1 fully saturated rings. The molecule has 1 saturated carbocycles. The molecule has 0 heterocycles. The first-order chi connectivity index (χ1) is 8.83. The molecule has 0 aromatic heterocycles. The summed E-state index contributed by atoms with van der Waals surface area (Å²) in [4.78, 5) is 0. The van der Waals surface area contributed by atoms with Gasteiger partial charge in [-0.1, -0.05) is 30.3 Å². The molecule has 18 heavy (non-hydrogen) atoms. The van der Waals surface area contributed by atoms with Crippen LogP contribution in [0.25, 0.3) is 0 Å². The second-order valence-electron chi connectivity index (χ2n) is 5.10. The van der Waals surface area contributed by atoms with Gasteiger partial charge in [-0.25, -0.2) is 4.39 Å². The average molecular weight is 248 g/mol. The molecular weight excluding hydrogens is 227 g/mol. The number of methoxy groups -OCH3 is 1. The highest BCUT2D eigenvalue weighted by molar-refractivity contribution is 5.25. The van der Waals surface area contributed by atoms with Crippen molar-refractivity contribution >= 4 is 0 Å². The minimum atomic E-state index is 0.444. The van der Waals surface area contributed by atoms with E-state index in [4.69, 9.17) is 4.74 Å². The Morgan fingerprint density at radius 2 is 1.83 bits per heavy atom. The maximum absolute atomic E-state index is 12.1. The van der Waals surface area contributed by atoms with Crippen LogP contribution in [0.15, 0.2) is 36.7 Å². The lowest BCUT2D eigenvalue weighted by atomic mass is 9.78. The van der Waals surface area contributed by atoms with Crippen molar-refractivity contribution in [1.82, 2.24) is 0 Å². The summed E-state index contributed by atoms with van der Waals surface area (Å²) in [5, 5.41) is 0. The van der Waals surface area contributed by atoms with Gasteiger partial charge in [-0.3, -0.25) is 0 Å². The highest BCUT2D eigenvalue weighted by Crippen LogP contribution is 2.36. The van der Waals surface area contributed by atoms with Crippen LogP contribution < -0.4 is 0 Å². The third kappa shape index (κ3) is 3.42. The van der Waals surface area contributed by atoms with Crippen LogP contribution in [-0.4, -0.2) is 7.11 Å². The zero-order valence-electron chi connectivity index (χ0n) is 10.9. The van der Waals surface area contributed by atoms with Crippen molar-refractivity contribution in [3.05, 3.63) is 47.8 Å². The maximum Gasteiger partial charge on any atom is 0.0829 e. The molecule has 1 aliphatic rings. The Morgan fingerprint density at radius 1 is 1.17 bits per heavy atom. The van der Waals surface area contributed by atoms with Crippen molar-refractivity contribution in [2.45, 2.75) is 38.2 Å². The standard InChI is InChI=1S/C16H21FO/c1-18-12-14-4-8-16(9-5-14)15-6-2-13(3-7-15)10-11-17/h4-5,8-11,13,15H,2-3,6-7,12H2,1H3/b11-10+. The van der Waals surface area contributed by atoms with E-state index < -0.39 is 0 Å². The summed E-state index contributed by atoms with van der Waals surface area (Å²) in [6.07, 6.45) is 6.94. The summed E-state index contributed by atoms with van der Waals surface area (Å²) in [5.74, 6) is 1.09. The molecule has 1 aromatic rings. The zero-order chi connectivity index (χ0) is 12.8. The SMILES string of the molecule is COCc1ccc(C2CCC(/C=C/F)CC2)cc1. The van der Waals surface area contributed by atoms with Gasteiger partial charge in [0, 0.05) is 7.11 Å². The van der Waals surface area contributed by atoms with Crippen molar-refractivity contribution in [1.29, 1.82) is 0 Å². The quantitative estimate of drug-likeness (QED) is 0.757. The second kappa shape index (κ2) is 6.69. The van der Waals surface area contributed by atoms with E-state index in [0.717, 1.165) is 12.8 Å². The number of allylic oxidation sites excluding steroid dienone is 1. The predicted molar refractivity (Wildman–Crippen MR) is 72.1 cm³/mol. The fraction of sp³-hybridized carbons (Fsp3) is 0.500. The molecule has 0 spiro atoms. The molecule has 2 heteroatoms. The largest absolute Gasteiger partial charge is 0.380 e. The number of rotatable bonds is 4. The molecule has 98 valence electrons. The molecule has 1 nitrogen and oxygen atoms in total. The van der Waals surface area contributed by atoms with E-state index in [1.54, 1.807) is 13.2 Å². The fourth-order valence-electron chi connectivity index (χ4n) is 2.80. The summed E-state index contributed by atoms with van der Waals surface area (Å²) in [6, 6.07) is 8.72. The second-order valence-corrected chi connectivity index (χ2v) is 5.10. The van der Waals surface area contributed by atoms with Crippen LogP contribution in [0.4, 0.5) is 4.39 Å². The number of hydrogen-bond acceptors (Lipinski definition) is 1. The molecule has 0 bridgehead atoms. The summed E-state index contributed by atoms with van der Waals surface area (Å²) in [6.45, 7) is 0.675. The van der Waals surface area contributed by atoms with Gasteiger partial charge in [0.1, 0.15) is 0 Å². The lowest BCUT2D eigenvalue weighted by molar-refractivity contribution is 0.185. The van der Waals surface area contributed by atoms with Crippen LogP contribution in [0.3, 0.4) is 0 Å². The number of hydrogen-bond donors (Lipinski definition) is 0. The van der Waals surface area contributed by atoms with Crippen molar-refractivity contribution < 1.29 is 9.13 Å². The maximum atomic E-state index is 12.1. The summed E-state index contributed by atoms with van der Waals surface area (Å²) < 4.78 is 17.2. The fourth-order valence-corrected chi connectivity index (χ4v) is 2.80. The van der Waals surface area contributed by atoms with Gasteiger partial charge in [0.2, 0.25) is 0 Å². The molecule has 0 atom stereocenters. The van der Waals surface area contributed by atoms with E-state index in [-0.39, 0.29) is 0 Å². The predicted octanol–water partition coefficient (Wildman–Crippen LogP) is 4.59. The Morgan fingerprint density at radius 3 is 2.39 bits per heavy atom. The first-order valence-electron chi connectivity index (χ1n) is 6.68. The Balaban J connectivity index is 1.92. The van der Waals surface area contributed by atoms with Crippen molar-refractivity contribution in [2.75, 3.05) is 7.11 Å². The summed E-state index contributed by atoms with van der Waals surface area (Å²) >= 11 is 0. The Labute approximate surface area is 109 Å². The smallest absolute Gasteiger partial charge is 0.0829 e. The molecule has 2 rings (SSSR count). The van der Waals surface area contributed by atoms with Crippen LogP contribution in [0, 0.1) is 5.92 Å². The Kier molecular flexibility index (Phi) is 4.94. The van der Waals surface area contributed by atoms with Gasteiger partial charge in [0.05, 0.1) is 12.9 Å². The number of benzene rings is 1. The van der Waals surface area contributed by atoms with Crippen LogP contribution in [-0.2, 0) is 11.3 Å². The van der Waals surface area contributed by atoms with Crippen LogP contribution in [0.2, 0.25) is 0 Å². The van der Waals surface area contributed by atoms with E-state index in [1.165, 1.54) is 24.0 Å². The zero-order valence-corrected chi connectivity index (χ0v) is 10.9. The number of halogens is 1. The summed E-state index contributed by atoms with van der Waals surface area (Å²) in [5.41, 5.74) is 2.63. The van der Waals surface area contributed by atoms with Gasteiger partial charge in [0.25, 0.3) is 0 Å². The van der Waals surface area contributed by atoms with Crippen LogP contribution in [0.1, 0.15) is 42.7 Å². The first kappa shape index (κ1) is 13.3.